The van der Waals surface area contributed by atoms with Crippen molar-refractivity contribution < 1.29 is 0 Å². The van der Waals surface area contributed by atoms with Gasteiger partial charge in [0.15, 0.2) is 0 Å². The van der Waals surface area contributed by atoms with E-state index in [4.69, 9.17) is 5.73 Å². The van der Waals surface area contributed by atoms with E-state index in [-0.39, 0.29) is 0 Å². The Kier molecular flexibility index (Phi) is 3.16. The van der Waals surface area contributed by atoms with Crippen molar-refractivity contribution in [3.8, 4) is 0 Å². The summed E-state index contributed by atoms with van der Waals surface area (Å²) in [4.78, 5) is 13.0. The predicted molar refractivity (Wildman–Crippen MR) is 80.3 cm³/mol. The van der Waals surface area contributed by atoms with Gasteiger partial charge < -0.3 is 11.1 Å². The monoisotopic (exact) mass is 265 g/mol. The summed E-state index contributed by atoms with van der Waals surface area (Å²) >= 11 is 0. The highest BCUT2D eigenvalue weighted by molar-refractivity contribution is 5.83. The molecule has 3 N–H and O–H groups in total. The van der Waals surface area contributed by atoms with Crippen molar-refractivity contribution in [3.63, 3.8) is 0 Å². The van der Waals surface area contributed by atoms with Crippen LogP contribution in [0, 0.1) is 6.92 Å². The van der Waals surface area contributed by atoms with Crippen molar-refractivity contribution in [2.75, 3.05) is 11.1 Å². The highest BCUT2D eigenvalue weighted by Crippen LogP contribution is 2.18. The number of rotatable bonds is 3. The SMILES string of the molecule is Cc1cnc(CNc2ccc3cc(N)ccc3n2)cn1. The molecule has 0 aliphatic heterocycles. The van der Waals surface area contributed by atoms with E-state index in [9.17, 15) is 0 Å². The second-order valence-electron chi connectivity index (χ2n) is 4.65. The van der Waals surface area contributed by atoms with E-state index in [0.717, 1.165) is 33.8 Å². The summed E-state index contributed by atoms with van der Waals surface area (Å²) in [5.41, 5.74) is 9.21. The third kappa shape index (κ3) is 2.66. The number of fused-ring (bicyclic) bond motifs is 1. The maximum atomic E-state index is 5.75. The highest BCUT2D eigenvalue weighted by atomic mass is 15.0. The fourth-order valence-electron chi connectivity index (χ4n) is 1.93. The number of aromatic nitrogens is 3. The van der Waals surface area contributed by atoms with Gasteiger partial charge in [-0.15, -0.1) is 0 Å². The molecule has 0 amide bonds. The molecule has 2 aromatic heterocycles. The lowest BCUT2D eigenvalue weighted by Crippen LogP contribution is -2.04. The number of hydrogen-bond acceptors (Lipinski definition) is 5. The number of benzene rings is 1. The zero-order valence-corrected chi connectivity index (χ0v) is 11.2. The number of nitrogens with one attached hydrogen (secondary N) is 1. The quantitative estimate of drug-likeness (QED) is 0.712. The third-order valence-corrected chi connectivity index (χ3v) is 3.00. The van der Waals surface area contributed by atoms with Gasteiger partial charge in [0.1, 0.15) is 5.82 Å². The molecule has 1 aromatic carbocycles. The van der Waals surface area contributed by atoms with Crippen LogP contribution in [-0.2, 0) is 6.54 Å². The Morgan fingerprint density at radius 1 is 1.10 bits per heavy atom. The number of hydrogen-bond donors (Lipinski definition) is 2. The van der Waals surface area contributed by atoms with Crippen LogP contribution in [0.2, 0.25) is 0 Å². The molecular formula is C15H15N5. The largest absolute Gasteiger partial charge is 0.399 e. The van der Waals surface area contributed by atoms with E-state index in [1.165, 1.54) is 0 Å². The van der Waals surface area contributed by atoms with Crippen LogP contribution >= 0.6 is 0 Å². The Hall–Kier alpha value is -2.69. The van der Waals surface area contributed by atoms with Crippen LogP contribution in [0.1, 0.15) is 11.4 Å². The van der Waals surface area contributed by atoms with Gasteiger partial charge in [-0.05, 0) is 37.3 Å². The van der Waals surface area contributed by atoms with Crippen LogP contribution < -0.4 is 11.1 Å². The molecule has 20 heavy (non-hydrogen) atoms. The van der Waals surface area contributed by atoms with Crippen molar-refractivity contribution >= 4 is 22.4 Å². The van der Waals surface area contributed by atoms with Gasteiger partial charge in [0.05, 0.1) is 29.6 Å². The van der Waals surface area contributed by atoms with Crippen molar-refractivity contribution in [1.29, 1.82) is 0 Å². The van der Waals surface area contributed by atoms with Gasteiger partial charge in [-0.3, -0.25) is 9.97 Å². The number of nitrogens with zero attached hydrogens (tertiary/aromatic N) is 3. The first kappa shape index (κ1) is 12.3. The molecule has 0 aliphatic rings. The number of aryl methyl sites for hydroxylation is 1. The molecule has 0 atom stereocenters. The lowest BCUT2D eigenvalue weighted by atomic mass is 10.2. The molecule has 0 saturated heterocycles. The van der Waals surface area contributed by atoms with Crippen molar-refractivity contribution in [2.45, 2.75) is 13.5 Å². The molecule has 0 aliphatic carbocycles. The second kappa shape index (κ2) is 5.13. The van der Waals surface area contributed by atoms with E-state index in [1.54, 1.807) is 12.4 Å². The van der Waals surface area contributed by atoms with E-state index in [0.29, 0.717) is 6.54 Å². The normalized spacial score (nSPS) is 10.7. The van der Waals surface area contributed by atoms with Gasteiger partial charge >= 0.3 is 0 Å². The molecule has 0 radical (unpaired) electrons. The average Bonchev–Trinajstić information content (AvgIpc) is 2.46. The molecule has 3 aromatic rings. The summed E-state index contributed by atoms with van der Waals surface area (Å²) in [5, 5.41) is 4.28. The lowest BCUT2D eigenvalue weighted by Gasteiger charge is -2.06. The maximum absolute atomic E-state index is 5.75. The Balaban J connectivity index is 1.77. The highest BCUT2D eigenvalue weighted by Gasteiger charge is 2.00. The van der Waals surface area contributed by atoms with Gasteiger partial charge in [0.2, 0.25) is 0 Å². The summed E-state index contributed by atoms with van der Waals surface area (Å²) in [6.45, 7) is 2.52. The number of anilines is 2. The van der Waals surface area contributed by atoms with Crippen molar-refractivity contribution in [1.82, 2.24) is 15.0 Å². The zero-order valence-electron chi connectivity index (χ0n) is 11.2. The molecular weight excluding hydrogens is 250 g/mol. The van der Waals surface area contributed by atoms with E-state index < -0.39 is 0 Å². The smallest absolute Gasteiger partial charge is 0.126 e. The van der Waals surface area contributed by atoms with Crippen LogP contribution in [0.3, 0.4) is 0 Å². The van der Waals surface area contributed by atoms with E-state index in [2.05, 4.69) is 20.3 Å². The Bertz CT molecular complexity index is 737. The first-order chi connectivity index (χ1) is 9.70. The van der Waals surface area contributed by atoms with Crippen molar-refractivity contribution in [3.05, 3.63) is 54.1 Å². The first-order valence-electron chi connectivity index (χ1n) is 6.38. The minimum atomic E-state index is 0.598. The first-order valence-corrected chi connectivity index (χ1v) is 6.38. The molecule has 0 bridgehead atoms. The summed E-state index contributed by atoms with van der Waals surface area (Å²) in [6, 6.07) is 9.62. The maximum Gasteiger partial charge on any atom is 0.126 e. The van der Waals surface area contributed by atoms with Crippen LogP contribution in [0.5, 0.6) is 0 Å². The molecule has 5 heteroatoms. The Labute approximate surface area is 116 Å². The topological polar surface area (TPSA) is 76.7 Å². The van der Waals surface area contributed by atoms with E-state index >= 15 is 0 Å². The predicted octanol–water partition coefficient (Wildman–Crippen LogP) is 2.53. The van der Waals surface area contributed by atoms with Crippen molar-refractivity contribution in [2.24, 2.45) is 0 Å². The Morgan fingerprint density at radius 3 is 2.80 bits per heavy atom. The van der Waals surface area contributed by atoms with Gasteiger partial charge in [0, 0.05) is 17.3 Å². The molecule has 0 saturated carbocycles. The summed E-state index contributed by atoms with van der Waals surface area (Å²) in [5.74, 6) is 0.810. The van der Waals surface area contributed by atoms with Gasteiger partial charge in [0.25, 0.3) is 0 Å². The molecule has 5 nitrogen and oxygen atoms in total. The fourth-order valence-corrected chi connectivity index (χ4v) is 1.93. The van der Waals surface area contributed by atoms with Gasteiger partial charge in [-0.2, -0.15) is 0 Å². The molecule has 0 spiro atoms. The molecule has 0 fully saturated rings. The summed E-state index contributed by atoms with van der Waals surface area (Å²) in [7, 11) is 0. The van der Waals surface area contributed by atoms with Gasteiger partial charge in [-0.25, -0.2) is 4.98 Å². The van der Waals surface area contributed by atoms with Crippen LogP contribution in [-0.4, -0.2) is 15.0 Å². The Morgan fingerprint density at radius 2 is 2.00 bits per heavy atom. The number of nitrogen functional groups attached to an aromatic ring is 1. The minimum Gasteiger partial charge on any atom is -0.399 e. The summed E-state index contributed by atoms with van der Waals surface area (Å²) < 4.78 is 0. The molecule has 2 heterocycles. The van der Waals surface area contributed by atoms with E-state index in [1.807, 2.05) is 37.3 Å². The number of nitrogens with two attached hydrogens (primary N) is 1. The molecule has 0 unspecified atom stereocenters. The molecule has 100 valence electrons. The fraction of sp³-hybridized carbons (Fsp3) is 0.133. The zero-order chi connectivity index (χ0) is 13.9. The third-order valence-electron chi connectivity index (χ3n) is 3.00. The second-order valence-corrected chi connectivity index (χ2v) is 4.65. The van der Waals surface area contributed by atoms with Gasteiger partial charge in [-0.1, -0.05) is 0 Å². The van der Waals surface area contributed by atoms with Crippen LogP contribution in [0.15, 0.2) is 42.7 Å². The average molecular weight is 265 g/mol. The summed E-state index contributed by atoms with van der Waals surface area (Å²) in [6.07, 6.45) is 3.53. The standard InChI is InChI=1S/C15H15N5/c1-10-7-18-13(8-17-10)9-19-15-5-2-11-6-12(16)3-4-14(11)20-15/h2-8H,9,16H2,1H3,(H,19,20). The van der Waals surface area contributed by atoms with Crippen LogP contribution in [0.4, 0.5) is 11.5 Å². The van der Waals surface area contributed by atoms with Crippen LogP contribution in [0.25, 0.3) is 10.9 Å². The lowest BCUT2D eigenvalue weighted by molar-refractivity contribution is 0.978. The number of pyridine rings is 1. The molecule has 3 rings (SSSR count). The minimum absolute atomic E-state index is 0.598.